The zero-order valence-electron chi connectivity index (χ0n) is 34.6. The van der Waals surface area contributed by atoms with Gasteiger partial charge >= 0.3 is 0 Å². The summed E-state index contributed by atoms with van der Waals surface area (Å²) in [5, 5.41) is 16.5. The molecule has 0 fully saturated rings. The van der Waals surface area contributed by atoms with E-state index in [9.17, 15) is 0 Å². The Kier molecular flexibility index (Phi) is 7.43. The molecule has 2 heteroatoms. The van der Waals surface area contributed by atoms with Gasteiger partial charge in [0.25, 0.3) is 0 Å². The first kappa shape index (κ1) is 35.2. The summed E-state index contributed by atoms with van der Waals surface area (Å²) in [5.74, 6) is 0. The Morgan fingerprint density at radius 1 is 0.234 bits per heavy atom. The quantitative estimate of drug-likeness (QED) is 0.166. The molecule has 0 spiro atoms. The summed E-state index contributed by atoms with van der Waals surface area (Å²) in [6.45, 7) is 0. The Hall–Kier alpha value is -8.46. The third-order valence-corrected chi connectivity index (χ3v) is 13.6. The first-order valence-corrected chi connectivity index (χ1v) is 22.0. The Bertz CT molecular complexity index is 4130. The fourth-order valence-corrected chi connectivity index (χ4v) is 11.0. The zero-order chi connectivity index (χ0) is 41.9. The third kappa shape index (κ3) is 4.96. The van der Waals surface area contributed by atoms with E-state index in [2.05, 4.69) is 218 Å². The van der Waals surface area contributed by atoms with Crippen molar-refractivity contribution in [1.82, 2.24) is 0 Å². The molecule has 64 heavy (non-hydrogen) atoms. The van der Waals surface area contributed by atoms with Gasteiger partial charge in [-0.15, -0.1) is 0 Å². The SMILES string of the molecule is c1ccc(-c2c3ccccc3c(-c3cccc4oc5c(-c6c7ccccc7c(-c7ccc8oc9c%10ccccc%10ccc9c8c7)c7ccccc67)cccc5c34)c3ccccc23)cc1. The van der Waals surface area contributed by atoms with Crippen molar-refractivity contribution < 1.29 is 8.83 Å². The van der Waals surface area contributed by atoms with Gasteiger partial charge in [0, 0.05) is 38.1 Å². The first-order valence-electron chi connectivity index (χ1n) is 22.0. The number of hydrogen-bond donors (Lipinski definition) is 0. The van der Waals surface area contributed by atoms with Gasteiger partial charge in [-0.3, -0.25) is 0 Å². The molecule has 0 aliphatic carbocycles. The van der Waals surface area contributed by atoms with Gasteiger partial charge in [0.1, 0.15) is 22.3 Å². The van der Waals surface area contributed by atoms with Crippen molar-refractivity contribution in [1.29, 1.82) is 0 Å². The summed E-state index contributed by atoms with van der Waals surface area (Å²) < 4.78 is 13.7. The predicted molar refractivity (Wildman–Crippen MR) is 270 cm³/mol. The van der Waals surface area contributed by atoms with Gasteiger partial charge in [0.05, 0.1) is 0 Å². The van der Waals surface area contributed by atoms with Gasteiger partial charge < -0.3 is 8.83 Å². The van der Waals surface area contributed by atoms with Gasteiger partial charge in [-0.2, -0.15) is 0 Å². The van der Waals surface area contributed by atoms with E-state index >= 15 is 0 Å². The molecule has 2 heterocycles. The molecule has 14 rings (SSSR count). The lowest BCUT2D eigenvalue weighted by Gasteiger charge is -2.18. The van der Waals surface area contributed by atoms with E-state index < -0.39 is 0 Å². The third-order valence-electron chi connectivity index (χ3n) is 13.6. The van der Waals surface area contributed by atoms with Crippen LogP contribution < -0.4 is 0 Å². The second-order valence-corrected chi connectivity index (χ2v) is 17.0. The summed E-state index contributed by atoms with van der Waals surface area (Å²) in [4.78, 5) is 0. The van der Waals surface area contributed by atoms with Crippen LogP contribution in [0.5, 0.6) is 0 Å². The molecule has 0 aliphatic rings. The monoisotopic (exact) mass is 812 g/mol. The summed E-state index contributed by atoms with van der Waals surface area (Å²) in [6, 6.07) is 79.1. The lowest BCUT2D eigenvalue weighted by molar-refractivity contribution is 0.670. The highest BCUT2D eigenvalue weighted by atomic mass is 16.3. The van der Waals surface area contributed by atoms with Crippen LogP contribution in [0.1, 0.15) is 0 Å². The van der Waals surface area contributed by atoms with Gasteiger partial charge in [-0.05, 0) is 106 Å². The molecule has 0 amide bonds. The van der Waals surface area contributed by atoms with Crippen molar-refractivity contribution in [3.63, 3.8) is 0 Å². The van der Waals surface area contributed by atoms with E-state index in [1.165, 1.54) is 81.9 Å². The van der Waals surface area contributed by atoms with E-state index in [1.807, 2.05) is 0 Å². The number of hydrogen-bond acceptors (Lipinski definition) is 2. The molecule has 0 bridgehead atoms. The van der Waals surface area contributed by atoms with Crippen molar-refractivity contribution in [2.45, 2.75) is 0 Å². The summed E-state index contributed by atoms with van der Waals surface area (Å²) >= 11 is 0. The lowest BCUT2D eigenvalue weighted by Crippen LogP contribution is -1.91. The van der Waals surface area contributed by atoms with Crippen LogP contribution >= 0.6 is 0 Å². The summed E-state index contributed by atoms with van der Waals surface area (Å²) in [7, 11) is 0. The summed E-state index contributed by atoms with van der Waals surface area (Å²) in [6.07, 6.45) is 0. The normalized spacial score (nSPS) is 12.1. The minimum atomic E-state index is 0.874. The number of rotatable bonds is 4. The molecule has 0 atom stereocenters. The largest absolute Gasteiger partial charge is 0.455 e. The second kappa shape index (κ2) is 13.5. The van der Waals surface area contributed by atoms with Gasteiger partial charge in [0.2, 0.25) is 0 Å². The molecule has 0 aliphatic heterocycles. The maximum atomic E-state index is 7.13. The molecular formula is C62H36O2. The molecule has 2 aromatic heterocycles. The molecule has 0 radical (unpaired) electrons. The van der Waals surface area contributed by atoms with Crippen LogP contribution in [0.25, 0.3) is 142 Å². The van der Waals surface area contributed by atoms with Crippen molar-refractivity contribution in [3.05, 3.63) is 218 Å². The van der Waals surface area contributed by atoms with Crippen molar-refractivity contribution in [3.8, 4) is 44.5 Å². The Labute approximate surface area is 367 Å². The number of benzene rings is 12. The van der Waals surface area contributed by atoms with Crippen molar-refractivity contribution in [2.75, 3.05) is 0 Å². The number of furan rings is 2. The molecule has 0 saturated heterocycles. The van der Waals surface area contributed by atoms with E-state index in [4.69, 9.17) is 8.83 Å². The average Bonchev–Trinajstić information content (AvgIpc) is 3.94. The lowest BCUT2D eigenvalue weighted by atomic mass is 9.84. The number of para-hydroxylation sites is 1. The Balaban J connectivity index is 1.02. The molecule has 0 unspecified atom stereocenters. The smallest absolute Gasteiger partial charge is 0.143 e. The minimum absolute atomic E-state index is 0.874. The van der Waals surface area contributed by atoms with E-state index in [-0.39, 0.29) is 0 Å². The molecule has 12 aromatic carbocycles. The fourth-order valence-electron chi connectivity index (χ4n) is 11.0. The van der Waals surface area contributed by atoms with Crippen LogP contribution in [-0.2, 0) is 0 Å². The van der Waals surface area contributed by atoms with E-state index in [0.29, 0.717) is 0 Å². The minimum Gasteiger partial charge on any atom is -0.455 e. The van der Waals surface area contributed by atoms with Crippen molar-refractivity contribution in [2.24, 2.45) is 0 Å². The molecule has 0 N–H and O–H groups in total. The predicted octanol–water partition coefficient (Wildman–Crippen LogP) is 17.9. The van der Waals surface area contributed by atoms with E-state index in [0.717, 1.165) is 60.4 Å². The molecular weight excluding hydrogens is 777 g/mol. The van der Waals surface area contributed by atoms with Crippen molar-refractivity contribution >= 4 is 97.7 Å². The first-order chi connectivity index (χ1) is 31.8. The highest BCUT2D eigenvalue weighted by Gasteiger charge is 2.24. The molecule has 296 valence electrons. The van der Waals surface area contributed by atoms with Crippen LogP contribution in [0.2, 0.25) is 0 Å². The summed E-state index contributed by atoms with van der Waals surface area (Å²) in [5.41, 5.74) is 13.1. The molecule has 14 aromatic rings. The number of fused-ring (bicyclic) bond motifs is 12. The second-order valence-electron chi connectivity index (χ2n) is 17.0. The van der Waals surface area contributed by atoms with Crippen LogP contribution in [0.3, 0.4) is 0 Å². The maximum absolute atomic E-state index is 7.13. The topological polar surface area (TPSA) is 26.3 Å². The van der Waals surface area contributed by atoms with Crippen LogP contribution in [0.4, 0.5) is 0 Å². The van der Waals surface area contributed by atoms with E-state index in [1.54, 1.807) is 0 Å². The van der Waals surface area contributed by atoms with Gasteiger partial charge in [-0.1, -0.05) is 194 Å². The standard InChI is InChI=1S/C62H36O2/c1-2-17-38(18-3-1)56-41-20-6-10-24-45(41)58(46-25-11-7-21-42(46)56)50-28-15-31-55-60(50)52-30-14-29-51(62(52)64-55)59-47-26-12-8-22-43(47)57(44-23-9-13-27-48(44)59)39-33-35-54-53(36-39)49-34-32-37-16-4-5-19-40(37)61(49)63-54/h1-36H. The van der Waals surface area contributed by atoms with Gasteiger partial charge in [-0.25, -0.2) is 0 Å². The Morgan fingerprint density at radius 2 is 0.719 bits per heavy atom. The van der Waals surface area contributed by atoms with Gasteiger partial charge in [0.15, 0.2) is 0 Å². The highest BCUT2D eigenvalue weighted by Crippen LogP contribution is 2.50. The van der Waals surface area contributed by atoms with Crippen LogP contribution in [0.15, 0.2) is 227 Å². The maximum Gasteiger partial charge on any atom is 0.143 e. The molecule has 2 nitrogen and oxygen atoms in total. The zero-order valence-corrected chi connectivity index (χ0v) is 34.6. The molecule has 0 saturated carbocycles. The van der Waals surface area contributed by atoms with Crippen LogP contribution in [-0.4, -0.2) is 0 Å². The van der Waals surface area contributed by atoms with Crippen LogP contribution in [0, 0.1) is 0 Å². The average molecular weight is 813 g/mol. The fraction of sp³-hybridized carbons (Fsp3) is 0. The highest BCUT2D eigenvalue weighted by molar-refractivity contribution is 6.29. The Morgan fingerprint density at radius 3 is 1.36 bits per heavy atom.